The van der Waals surface area contributed by atoms with Crippen LogP contribution in [0.4, 0.5) is 5.69 Å². The molecule has 2 N–H and O–H groups in total. The highest BCUT2D eigenvalue weighted by Crippen LogP contribution is 2.29. The van der Waals surface area contributed by atoms with Gasteiger partial charge in [0.15, 0.2) is 0 Å². The molecule has 0 radical (unpaired) electrons. The predicted molar refractivity (Wildman–Crippen MR) is 74.7 cm³/mol. The normalized spacial score (nSPS) is 22.5. The summed E-state index contributed by atoms with van der Waals surface area (Å²) in [6, 6.07) is 4.56. The topological polar surface area (TPSA) is 87.6 Å². The molecule has 0 aromatic heterocycles. The molecule has 1 aromatic carbocycles. The zero-order chi connectivity index (χ0) is 14.5. The number of rotatable bonds is 5. The summed E-state index contributed by atoms with van der Waals surface area (Å²) in [5, 5.41) is 10.8. The number of nitrogens with two attached hydrogens (primary N) is 1. The van der Waals surface area contributed by atoms with Crippen LogP contribution in [0.5, 0.6) is 5.75 Å². The number of non-ortho nitro benzene ring substituents is 1. The first kappa shape index (κ1) is 14.7. The molecule has 2 unspecified atom stereocenters. The second-order valence-electron chi connectivity index (χ2n) is 5.02. The van der Waals surface area contributed by atoms with Gasteiger partial charge in [-0.3, -0.25) is 10.1 Å². The SMILES string of the molecule is COC1CCCC(Oc2ccc([N+](=O)[O-])cc2CN)C1. The summed E-state index contributed by atoms with van der Waals surface area (Å²) < 4.78 is 11.3. The van der Waals surface area contributed by atoms with Crippen molar-refractivity contribution in [2.75, 3.05) is 7.11 Å². The molecule has 0 bridgehead atoms. The summed E-state index contributed by atoms with van der Waals surface area (Å²) in [5.41, 5.74) is 6.35. The Balaban J connectivity index is 2.10. The van der Waals surface area contributed by atoms with Gasteiger partial charge in [-0.2, -0.15) is 0 Å². The van der Waals surface area contributed by atoms with E-state index < -0.39 is 4.92 Å². The van der Waals surface area contributed by atoms with E-state index in [1.54, 1.807) is 13.2 Å². The second kappa shape index (κ2) is 6.67. The van der Waals surface area contributed by atoms with E-state index in [-0.39, 0.29) is 24.4 Å². The maximum atomic E-state index is 10.8. The predicted octanol–water partition coefficient (Wildman–Crippen LogP) is 2.39. The molecular formula is C14H20N2O4. The largest absolute Gasteiger partial charge is 0.490 e. The second-order valence-corrected chi connectivity index (χ2v) is 5.02. The van der Waals surface area contributed by atoms with E-state index in [9.17, 15) is 10.1 Å². The van der Waals surface area contributed by atoms with Crippen LogP contribution in [-0.2, 0) is 11.3 Å². The molecular weight excluding hydrogens is 260 g/mol. The number of nitro benzene ring substituents is 1. The van der Waals surface area contributed by atoms with Gasteiger partial charge in [0.25, 0.3) is 5.69 Å². The van der Waals surface area contributed by atoms with Crippen molar-refractivity contribution < 1.29 is 14.4 Å². The van der Waals surface area contributed by atoms with Gasteiger partial charge in [0, 0.05) is 37.8 Å². The molecule has 0 heterocycles. The maximum Gasteiger partial charge on any atom is 0.270 e. The van der Waals surface area contributed by atoms with Crippen molar-refractivity contribution >= 4 is 5.69 Å². The molecule has 110 valence electrons. The van der Waals surface area contributed by atoms with Crippen molar-refractivity contribution in [1.29, 1.82) is 0 Å². The smallest absolute Gasteiger partial charge is 0.270 e. The third-order valence-corrected chi connectivity index (χ3v) is 3.68. The minimum Gasteiger partial charge on any atom is -0.490 e. The molecule has 0 saturated heterocycles. The van der Waals surface area contributed by atoms with Crippen molar-refractivity contribution in [3.05, 3.63) is 33.9 Å². The third kappa shape index (κ3) is 3.46. The molecule has 0 amide bonds. The van der Waals surface area contributed by atoms with Crippen LogP contribution in [0.1, 0.15) is 31.2 Å². The van der Waals surface area contributed by atoms with Gasteiger partial charge in [-0.05, 0) is 25.3 Å². The van der Waals surface area contributed by atoms with Crippen molar-refractivity contribution in [2.24, 2.45) is 5.73 Å². The first-order chi connectivity index (χ1) is 9.63. The number of ether oxygens (including phenoxy) is 2. The molecule has 1 aliphatic rings. The van der Waals surface area contributed by atoms with Crippen LogP contribution in [0, 0.1) is 10.1 Å². The molecule has 1 aliphatic carbocycles. The number of nitro groups is 1. The van der Waals surface area contributed by atoms with Gasteiger partial charge in [0.1, 0.15) is 11.9 Å². The summed E-state index contributed by atoms with van der Waals surface area (Å²) >= 11 is 0. The summed E-state index contributed by atoms with van der Waals surface area (Å²) in [6.45, 7) is 0.220. The molecule has 1 fully saturated rings. The monoisotopic (exact) mass is 280 g/mol. The Labute approximate surface area is 118 Å². The van der Waals surface area contributed by atoms with Crippen molar-refractivity contribution in [3.63, 3.8) is 0 Å². The number of benzene rings is 1. The van der Waals surface area contributed by atoms with Crippen molar-refractivity contribution in [2.45, 2.75) is 44.4 Å². The highest BCUT2D eigenvalue weighted by Gasteiger charge is 2.24. The van der Waals surface area contributed by atoms with Crippen LogP contribution in [0.15, 0.2) is 18.2 Å². The average Bonchev–Trinajstić information content (AvgIpc) is 2.47. The summed E-state index contributed by atoms with van der Waals surface area (Å²) in [5.74, 6) is 0.639. The molecule has 1 saturated carbocycles. The molecule has 0 spiro atoms. The van der Waals surface area contributed by atoms with Crippen LogP contribution >= 0.6 is 0 Å². The van der Waals surface area contributed by atoms with Gasteiger partial charge in [-0.15, -0.1) is 0 Å². The zero-order valence-electron chi connectivity index (χ0n) is 11.6. The average molecular weight is 280 g/mol. The van der Waals surface area contributed by atoms with E-state index in [0.29, 0.717) is 11.3 Å². The Kier molecular flexibility index (Phi) is 4.92. The molecule has 0 aliphatic heterocycles. The van der Waals surface area contributed by atoms with E-state index in [4.69, 9.17) is 15.2 Å². The first-order valence-corrected chi connectivity index (χ1v) is 6.81. The zero-order valence-corrected chi connectivity index (χ0v) is 11.6. The fourth-order valence-electron chi connectivity index (χ4n) is 2.56. The van der Waals surface area contributed by atoms with Gasteiger partial charge in [-0.25, -0.2) is 0 Å². The Morgan fingerprint density at radius 3 is 2.80 bits per heavy atom. The van der Waals surface area contributed by atoms with Gasteiger partial charge in [0.05, 0.1) is 11.0 Å². The van der Waals surface area contributed by atoms with Gasteiger partial charge >= 0.3 is 0 Å². The van der Waals surface area contributed by atoms with Crippen LogP contribution < -0.4 is 10.5 Å². The van der Waals surface area contributed by atoms with E-state index in [0.717, 1.165) is 25.7 Å². The highest BCUT2D eigenvalue weighted by molar-refractivity contribution is 5.43. The van der Waals surface area contributed by atoms with E-state index >= 15 is 0 Å². The Bertz CT molecular complexity index is 478. The summed E-state index contributed by atoms with van der Waals surface area (Å²) in [6.07, 6.45) is 4.25. The Morgan fingerprint density at radius 2 is 2.15 bits per heavy atom. The number of methoxy groups -OCH3 is 1. The standard InChI is InChI=1S/C14H20N2O4/c1-19-12-3-2-4-13(8-12)20-14-6-5-11(16(17)18)7-10(14)9-15/h5-7,12-13H,2-4,8-9,15H2,1H3. The lowest BCUT2D eigenvalue weighted by molar-refractivity contribution is -0.384. The van der Waals surface area contributed by atoms with E-state index in [2.05, 4.69) is 0 Å². The lowest BCUT2D eigenvalue weighted by atomic mass is 9.95. The fourth-order valence-corrected chi connectivity index (χ4v) is 2.56. The van der Waals surface area contributed by atoms with E-state index in [1.165, 1.54) is 12.1 Å². The lowest BCUT2D eigenvalue weighted by Gasteiger charge is -2.29. The molecule has 20 heavy (non-hydrogen) atoms. The Hall–Kier alpha value is -1.66. The summed E-state index contributed by atoms with van der Waals surface area (Å²) in [7, 11) is 1.71. The van der Waals surface area contributed by atoms with Gasteiger partial charge in [-0.1, -0.05) is 0 Å². The molecule has 2 atom stereocenters. The molecule has 6 nitrogen and oxygen atoms in total. The van der Waals surface area contributed by atoms with Crippen LogP contribution in [-0.4, -0.2) is 24.2 Å². The fraction of sp³-hybridized carbons (Fsp3) is 0.571. The van der Waals surface area contributed by atoms with Crippen LogP contribution in [0.2, 0.25) is 0 Å². The minimum atomic E-state index is -0.426. The Morgan fingerprint density at radius 1 is 1.40 bits per heavy atom. The lowest BCUT2D eigenvalue weighted by Crippen LogP contribution is -2.29. The van der Waals surface area contributed by atoms with Crippen LogP contribution in [0.3, 0.4) is 0 Å². The van der Waals surface area contributed by atoms with Gasteiger partial charge in [0.2, 0.25) is 0 Å². The number of hydrogen-bond donors (Lipinski definition) is 1. The third-order valence-electron chi connectivity index (χ3n) is 3.68. The highest BCUT2D eigenvalue weighted by atomic mass is 16.6. The number of hydrogen-bond acceptors (Lipinski definition) is 5. The van der Waals surface area contributed by atoms with Crippen LogP contribution in [0.25, 0.3) is 0 Å². The van der Waals surface area contributed by atoms with Crippen molar-refractivity contribution in [3.8, 4) is 5.75 Å². The first-order valence-electron chi connectivity index (χ1n) is 6.81. The molecule has 1 aromatic rings. The van der Waals surface area contributed by atoms with Gasteiger partial charge < -0.3 is 15.2 Å². The summed E-state index contributed by atoms with van der Waals surface area (Å²) in [4.78, 5) is 10.3. The van der Waals surface area contributed by atoms with E-state index in [1.807, 2.05) is 0 Å². The van der Waals surface area contributed by atoms with Crippen molar-refractivity contribution in [1.82, 2.24) is 0 Å². The number of nitrogens with zero attached hydrogens (tertiary/aromatic N) is 1. The maximum absolute atomic E-state index is 10.8. The molecule has 6 heteroatoms. The quantitative estimate of drug-likeness (QED) is 0.661. The molecule has 2 rings (SSSR count). The minimum absolute atomic E-state index is 0.0382.